The van der Waals surface area contributed by atoms with Gasteiger partial charge in [-0.3, -0.25) is 14.3 Å². The smallest absolute Gasteiger partial charge is 0.251 e. The molecule has 150 valence electrons. The normalized spacial score (nSPS) is 11.0. The van der Waals surface area contributed by atoms with Gasteiger partial charge in [0.25, 0.3) is 5.91 Å². The van der Waals surface area contributed by atoms with Crippen molar-refractivity contribution in [1.82, 2.24) is 15.1 Å². The molecule has 2 N–H and O–H groups in total. The van der Waals surface area contributed by atoms with Gasteiger partial charge < -0.3 is 10.6 Å². The van der Waals surface area contributed by atoms with E-state index < -0.39 is 0 Å². The number of hydrogen-bond acceptors (Lipinski definition) is 3. The number of benzene rings is 1. The number of halogens is 1. The van der Waals surface area contributed by atoms with Crippen LogP contribution >= 0.6 is 11.6 Å². The second-order valence-corrected chi connectivity index (χ2v) is 6.88. The van der Waals surface area contributed by atoms with E-state index in [9.17, 15) is 9.59 Å². The van der Waals surface area contributed by atoms with Gasteiger partial charge in [-0.05, 0) is 44.0 Å². The van der Waals surface area contributed by atoms with Gasteiger partial charge in [0.1, 0.15) is 5.15 Å². The summed E-state index contributed by atoms with van der Waals surface area (Å²) in [5, 5.41) is 10.5. The highest BCUT2D eigenvalue weighted by Gasteiger charge is 2.11. The van der Waals surface area contributed by atoms with Crippen molar-refractivity contribution in [2.75, 3.05) is 11.9 Å². The van der Waals surface area contributed by atoms with E-state index in [1.807, 2.05) is 13.8 Å². The van der Waals surface area contributed by atoms with E-state index in [1.165, 1.54) is 6.08 Å². The van der Waals surface area contributed by atoms with E-state index in [4.69, 9.17) is 11.6 Å². The highest BCUT2D eigenvalue weighted by Crippen LogP contribution is 2.22. The maximum absolute atomic E-state index is 12.3. The van der Waals surface area contributed by atoms with Crippen LogP contribution in [0.4, 0.5) is 5.69 Å². The van der Waals surface area contributed by atoms with Gasteiger partial charge >= 0.3 is 0 Å². The first-order valence-electron chi connectivity index (χ1n) is 9.56. The molecule has 0 bridgehead atoms. The number of aryl methyl sites for hydroxylation is 2. The van der Waals surface area contributed by atoms with Crippen molar-refractivity contribution < 1.29 is 9.59 Å². The Balaban J connectivity index is 2.04. The average molecular weight is 403 g/mol. The Morgan fingerprint density at radius 3 is 2.75 bits per heavy atom. The Kier molecular flexibility index (Phi) is 8.26. The first kappa shape index (κ1) is 21.7. The number of nitrogens with zero attached hydrogens (tertiary/aromatic N) is 2. The Hall–Kier alpha value is -2.60. The SMILES string of the molecule is CCCCn1nc(C)c(/C=C/C(=O)Nc2cccc(C(=O)NCCC)c2)c1Cl. The molecule has 1 heterocycles. The summed E-state index contributed by atoms with van der Waals surface area (Å²) in [4.78, 5) is 24.3. The lowest BCUT2D eigenvalue weighted by atomic mass is 10.2. The van der Waals surface area contributed by atoms with Crippen LogP contribution in [0.3, 0.4) is 0 Å². The van der Waals surface area contributed by atoms with Crippen LogP contribution in [0.2, 0.25) is 5.15 Å². The molecule has 2 rings (SSSR count). The lowest BCUT2D eigenvalue weighted by Crippen LogP contribution is -2.24. The summed E-state index contributed by atoms with van der Waals surface area (Å²) >= 11 is 6.38. The molecule has 7 heteroatoms. The number of carbonyl (C=O) groups excluding carboxylic acids is 2. The van der Waals surface area contributed by atoms with Crippen LogP contribution in [0.5, 0.6) is 0 Å². The van der Waals surface area contributed by atoms with Crippen molar-refractivity contribution in [2.45, 2.75) is 46.6 Å². The minimum Gasteiger partial charge on any atom is -0.352 e. The summed E-state index contributed by atoms with van der Waals surface area (Å²) in [5.41, 5.74) is 2.58. The molecule has 0 atom stereocenters. The third-order valence-corrected chi connectivity index (χ3v) is 4.56. The van der Waals surface area contributed by atoms with Gasteiger partial charge in [-0.1, -0.05) is 37.9 Å². The van der Waals surface area contributed by atoms with Crippen molar-refractivity contribution in [3.63, 3.8) is 0 Å². The first-order valence-corrected chi connectivity index (χ1v) is 9.94. The Morgan fingerprint density at radius 1 is 1.25 bits per heavy atom. The summed E-state index contributed by atoms with van der Waals surface area (Å²) in [5.74, 6) is -0.460. The molecule has 6 nitrogen and oxygen atoms in total. The minimum atomic E-state index is -0.303. The lowest BCUT2D eigenvalue weighted by molar-refractivity contribution is -0.111. The van der Waals surface area contributed by atoms with Gasteiger partial charge in [-0.2, -0.15) is 5.10 Å². The van der Waals surface area contributed by atoms with Crippen molar-refractivity contribution >= 4 is 35.2 Å². The molecule has 0 saturated carbocycles. The third kappa shape index (κ3) is 5.96. The maximum atomic E-state index is 12.3. The molecule has 0 spiro atoms. The zero-order valence-electron chi connectivity index (χ0n) is 16.6. The zero-order valence-corrected chi connectivity index (χ0v) is 17.3. The van der Waals surface area contributed by atoms with Gasteiger partial charge in [-0.15, -0.1) is 0 Å². The topological polar surface area (TPSA) is 76.0 Å². The van der Waals surface area contributed by atoms with E-state index in [1.54, 1.807) is 35.0 Å². The number of anilines is 1. The van der Waals surface area contributed by atoms with Crippen molar-refractivity contribution in [3.8, 4) is 0 Å². The largest absolute Gasteiger partial charge is 0.352 e. The number of nitrogens with one attached hydrogen (secondary N) is 2. The predicted molar refractivity (Wildman–Crippen MR) is 114 cm³/mol. The van der Waals surface area contributed by atoms with E-state index >= 15 is 0 Å². The molecule has 0 aliphatic carbocycles. The molecule has 0 fully saturated rings. The standard InChI is InChI=1S/C21H27ClN4O2/c1-4-6-13-26-20(22)18(15(3)25-26)10-11-19(27)24-17-9-7-8-16(14-17)21(28)23-12-5-2/h7-11,14H,4-6,12-13H2,1-3H3,(H,23,28)(H,24,27)/b11-10+. The molecule has 2 amide bonds. The summed E-state index contributed by atoms with van der Waals surface area (Å²) in [7, 11) is 0. The summed E-state index contributed by atoms with van der Waals surface area (Å²) in [6.45, 7) is 7.33. The number of carbonyl (C=O) groups is 2. The van der Waals surface area contributed by atoms with Gasteiger partial charge in [0, 0.05) is 36.0 Å². The quantitative estimate of drug-likeness (QED) is 0.609. The maximum Gasteiger partial charge on any atom is 0.251 e. The summed E-state index contributed by atoms with van der Waals surface area (Å²) in [6, 6.07) is 6.84. The Morgan fingerprint density at radius 2 is 2.04 bits per heavy atom. The van der Waals surface area contributed by atoms with E-state index in [0.717, 1.165) is 37.1 Å². The van der Waals surface area contributed by atoms with Crippen LogP contribution < -0.4 is 10.6 Å². The molecule has 0 aliphatic rings. The predicted octanol–water partition coefficient (Wildman–Crippen LogP) is 4.44. The molecular formula is C21H27ClN4O2. The Bertz CT molecular complexity index is 858. The summed E-state index contributed by atoms with van der Waals surface area (Å²) in [6.07, 6.45) is 6.00. The second kappa shape index (κ2) is 10.7. The van der Waals surface area contributed by atoms with E-state index in [-0.39, 0.29) is 11.8 Å². The van der Waals surface area contributed by atoms with E-state index in [0.29, 0.717) is 22.9 Å². The van der Waals surface area contributed by atoms with Crippen molar-refractivity contribution in [1.29, 1.82) is 0 Å². The van der Waals surface area contributed by atoms with Gasteiger partial charge in [-0.25, -0.2) is 0 Å². The molecule has 28 heavy (non-hydrogen) atoms. The average Bonchev–Trinajstić information content (AvgIpc) is 2.95. The number of hydrogen-bond donors (Lipinski definition) is 2. The van der Waals surface area contributed by atoms with Crippen LogP contribution in [0.25, 0.3) is 6.08 Å². The number of rotatable bonds is 9. The molecular weight excluding hydrogens is 376 g/mol. The van der Waals surface area contributed by atoms with Crippen molar-refractivity contribution in [2.24, 2.45) is 0 Å². The third-order valence-electron chi connectivity index (χ3n) is 4.16. The van der Waals surface area contributed by atoms with Crippen LogP contribution in [-0.4, -0.2) is 28.1 Å². The molecule has 1 aromatic heterocycles. The number of aromatic nitrogens is 2. The first-order chi connectivity index (χ1) is 13.5. The van der Waals surface area contributed by atoms with Crippen LogP contribution in [-0.2, 0) is 11.3 Å². The van der Waals surface area contributed by atoms with Gasteiger partial charge in [0.2, 0.25) is 5.91 Å². The minimum absolute atomic E-state index is 0.157. The zero-order chi connectivity index (χ0) is 20.5. The molecule has 1 aromatic carbocycles. The fourth-order valence-corrected chi connectivity index (χ4v) is 2.96. The summed E-state index contributed by atoms with van der Waals surface area (Å²) < 4.78 is 1.76. The highest BCUT2D eigenvalue weighted by atomic mass is 35.5. The fourth-order valence-electron chi connectivity index (χ4n) is 2.63. The van der Waals surface area contributed by atoms with Crippen LogP contribution in [0.15, 0.2) is 30.3 Å². The number of unbranched alkanes of at least 4 members (excludes halogenated alkanes) is 1. The molecule has 0 aliphatic heterocycles. The second-order valence-electron chi connectivity index (χ2n) is 6.53. The van der Waals surface area contributed by atoms with Crippen molar-refractivity contribution in [3.05, 3.63) is 52.3 Å². The molecule has 0 unspecified atom stereocenters. The fraction of sp³-hybridized carbons (Fsp3) is 0.381. The molecule has 2 aromatic rings. The monoisotopic (exact) mass is 402 g/mol. The number of amides is 2. The molecule has 0 radical (unpaired) electrons. The van der Waals surface area contributed by atoms with Gasteiger partial charge in [0.05, 0.1) is 5.69 Å². The highest BCUT2D eigenvalue weighted by molar-refractivity contribution is 6.31. The van der Waals surface area contributed by atoms with Crippen LogP contribution in [0, 0.1) is 6.92 Å². The van der Waals surface area contributed by atoms with Crippen LogP contribution in [0.1, 0.15) is 54.7 Å². The Labute approximate surface area is 171 Å². The molecule has 0 saturated heterocycles. The lowest BCUT2D eigenvalue weighted by Gasteiger charge is -2.06. The van der Waals surface area contributed by atoms with E-state index in [2.05, 4.69) is 22.7 Å². The van der Waals surface area contributed by atoms with Gasteiger partial charge in [0.15, 0.2) is 0 Å².